The van der Waals surface area contributed by atoms with Crippen LogP contribution >= 0.6 is 0 Å². The number of ether oxygens (including phenoxy) is 2. The molecule has 1 atom stereocenters. The summed E-state index contributed by atoms with van der Waals surface area (Å²) in [4.78, 5) is 22.3. The van der Waals surface area contributed by atoms with E-state index in [9.17, 15) is 14.7 Å². The van der Waals surface area contributed by atoms with Crippen molar-refractivity contribution in [2.45, 2.75) is 25.9 Å². The first-order valence-electron chi connectivity index (χ1n) is 8.94. The maximum absolute atomic E-state index is 11.9. The highest BCUT2D eigenvalue weighted by molar-refractivity contribution is 5.77. The Balaban J connectivity index is 1.67. The van der Waals surface area contributed by atoms with E-state index in [4.69, 9.17) is 9.47 Å². The topological polar surface area (TPSA) is 84.9 Å². The van der Waals surface area contributed by atoms with Gasteiger partial charge in [0.05, 0.1) is 6.61 Å². The molecule has 27 heavy (non-hydrogen) atoms. The third kappa shape index (κ3) is 7.50. The lowest BCUT2D eigenvalue weighted by Crippen LogP contribution is -2.30. The van der Waals surface area contributed by atoms with E-state index in [2.05, 4.69) is 5.32 Å². The molecular formula is C21H25NO5. The summed E-state index contributed by atoms with van der Waals surface area (Å²) in [5, 5.41) is 12.1. The molecule has 0 heterocycles. The van der Waals surface area contributed by atoms with E-state index < -0.39 is 6.10 Å². The van der Waals surface area contributed by atoms with Crippen LogP contribution in [0.3, 0.4) is 0 Å². The lowest BCUT2D eigenvalue weighted by Gasteiger charge is -2.09. The third-order valence-corrected chi connectivity index (χ3v) is 3.87. The van der Waals surface area contributed by atoms with Gasteiger partial charge in [-0.2, -0.15) is 0 Å². The predicted molar refractivity (Wildman–Crippen MR) is 102 cm³/mol. The van der Waals surface area contributed by atoms with Crippen LogP contribution in [0.2, 0.25) is 0 Å². The summed E-state index contributed by atoms with van der Waals surface area (Å²) in [6.45, 7) is 3.04. The Hall–Kier alpha value is -2.86. The van der Waals surface area contributed by atoms with Crippen molar-refractivity contribution in [1.29, 1.82) is 0 Å². The van der Waals surface area contributed by atoms with Gasteiger partial charge in [0.2, 0.25) is 0 Å². The summed E-state index contributed by atoms with van der Waals surface area (Å²) in [6.07, 6.45) is 0.488. The van der Waals surface area contributed by atoms with Crippen molar-refractivity contribution < 1.29 is 24.2 Å². The lowest BCUT2D eigenvalue weighted by molar-refractivity contribution is -0.123. The molecule has 1 amide bonds. The fraction of sp³-hybridized carbons (Fsp3) is 0.333. The van der Waals surface area contributed by atoms with Gasteiger partial charge in [0.15, 0.2) is 6.61 Å². The number of hydrogen-bond acceptors (Lipinski definition) is 5. The fourth-order valence-electron chi connectivity index (χ4n) is 2.48. The minimum Gasteiger partial charge on any atom is -0.494 e. The molecule has 2 rings (SSSR count). The van der Waals surface area contributed by atoms with Gasteiger partial charge in [-0.25, -0.2) is 0 Å². The zero-order chi connectivity index (χ0) is 19.5. The highest BCUT2D eigenvalue weighted by Gasteiger charge is 2.05. The first-order valence-corrected chi connectivity index (χ1v) is 8.94. The number of nitrogens with one attached hydrogen (secondary N) is 1. The molecule has 144 valence electrons. The summed E-state index contributed by atoms with van der Waals surface area (Å²) in [7, 11) is 0. The highest BCUT2D eigenvalue weighted by Crippen LogP contribution is 2.14. The number of amides is 1. The molecule has 6 nitrogen and oxygen atoms in total. The Morgan fingerprint density at radius 2 is 1.63 bits per heavy atom. The maximum atomic E-state index is 11.9. The molecule has 0 aliphatic heterocycles. The average molecular weight is 371 g/mol. The van der Waals surface area contributed by atoms with Gasteiger partial charge in [0, 0.05) is 13.0 Å². The largest absolute Gasteiger partial charge is 0.494 e. The maximum Gasteiger partial charge on any atom is 0.257 e. The van der Waals surface area contributed by atoms with Gasteiger partial charge in [0.25, 0.3) is 5.91 Å². The highest BCUT2D eigenvalue weighted by atomic mass is 16.5. The van der Waals surface area contributed by atoms with E-state index in [1.54, 1.807) is 24.3 Å². The van der Waals surface area contributed by atoms with Crippen LogP contribution in [0.5, 0.6) is 11.5 Å². The molecule has 0 unspecified atom stereocenters. The van der Waals surface area contributed by atoms with Gasteiger partial charge in [-0.3, -0.25) is 4.79 Å². The monoisotopic (exact) mass is 371 g/mol. The zero-order valence-corrected chi connectivity index (χ0v) is 15.4. The Morgan fingerprint density at radius 1 is 1.04 bits per heavy atom. The van der Waals surface area contributed by atoms with Gasteiger partial charge in [-0.05, 0) is 48.7 Å². The van der Waals surface area contributed by atoms with Crippen molar-refractivity contribution in [3.8, 4) is 11.5 Å². The van der Waals surface area contributed by atoms with Crippen molar-refractivity contribution in [3.05, 3.63) is 59.7 Å². The summed E-state index contributed by atoms with van der Waals surface area (Å²) in [6, 6.07) is 14.7. The molecule has 0 bridgehead atoms. The Labute approximate surface area is 159 Å². The standard InChI is InChI=1S/C21H25NO5/c1-2-26-19-7-3-16(4-8-19)11-12-22-21(25)15-27-20-9-5-17(6-10-20)13-18(24)14-23/h3-10,14,18,24H,2,11-13,15H2,1H3,(H,22,25)/t18-/m1/s1. The van der Waals surface area contributed by atoms with Crippen molar-refractivity contribution in [2.24, 2.45) is 0 Å². The molecule has 0 aliphatic rings. The van der Waals surface area contributed by atoms with E-state index in [-0.39, 0.29) is 18.9 Å². The van der Waals surface area contributed by atoms with Crippen LogP contribution in [0.15, 0.2) is 48.5 Å². The minimum absolute atomic E-state index is 0.0699. The van der Waals surface area contributed by atoms with E-state index >= 15 is 0 Å². The minimum atomic E-state index is -1.00. The fourth-order valence-corrected chi connectivity index (χ4v) is 2.48. The van der Waals surface area contributed by atoms with Gasteiger partial charge < -0.3 is 24.7 Å². The summed E-state index contributed by atoms with van der Waals surface area (Å²) in [5.41, 5.74) is 1.94. The van der Waals surface area contributed by atoms with Crippen LogP contribution in [0, 0.1) is 0 Å². The van der Waals surface area contributed by atoms with E-state index in [0.717, 1.165) is 23.3 Å². The Morgan fingerprint density at radius 3 is 2.22 bits per heavy atom. The van der Waals surface area contributed by atoms with Crippen molar-refractivity contribution in [2.75, 3.05) is 19.8 Å². The smallest absolute Gasteiger partial charge is 0.257 e. The van der Waals surface area contributed by atoms with Gasteiger partial charge in [-0.1, -0.05) is 24.3 Å². The second kappa shape index (κ2) is 11.0. The third-order valence-electron chi connectivity index (χ3n) is 3.87. The summed E-state index contributed by atoms with van der Waals surface area (Å²) < 4.78 is 10.8. The molecule has 0 aliphatic carbocycles. The SMILES string of the molecule is CCOc1ccc(CCNC(=O)COc2ccc(C[C@@H](O)C=O)cc2)cc1. The number of carbonyl (C=O) groups is 2. The van der Waals surface area contributed by atoms with Crippen LogP contribution < -0.4 is 14.8 Å². The average Bonchev–Trinajstić information content (AvgIpc) is 2.69. The van der Waals surface area contributed by atoms with Crippen LogP contribution in [-0.4, -0.2) is 43.2 Å². The van der Waals surface area contributed by atoms with Gasteiger partial charge in [-0.15, -0.1) is 0 Å². The predicted octanol–water partition coefficient (Wildman–Crippen LogP) is 1.93. The lowest BCUT2D eigenvalue weighted by atomic mass is 10.1. The van der Waals surface area contributed by atoms with E-state index in [0.29, 0.717) is 25.2 Å². The molecule has 0 spiro atoms. The first kappa shape index (κ1) is 20.5. The van der Waals surface area contributed by atoms with Crippen LogP contribution in [0.1, 0.15) is 18.1 Å². The normalized spacial score (nSPS) is 11.5. The molecule has 2 aromatic rings. The van der Waals surface area contributed by atoms with Gasteiger partial charge >= 0.3 is 0 Å². The molecule has 2 N–H and O–H groups in total. The quantitative estimate of drug-likeness (QED) is 0.590. The second-order valence-corrected chi connectivity index (χ2v) is 6.02. The Kier molecular flexibility index (Phi) is 8.32. The zero-order valence-electron chi connectivity index (χ0n) is 15.4. The summed E-state index contributed by atoms with van der Waals surface area (Å²) >= 11 is 0. The molecule has 0 saturated heterocycles. The number of aliphatic hydroxyl groups excluding tert-OH is 1. The number of aldehydes is 1. The Bertz CT molecular complexity index is 712. The molecule has 0 aromatic heterocycles. The van der Waals surface area contributed by atoms with E-state index in [1.807, 2.05) is 31.2 Å². The first-order chi connectivity index (χ1) is 13.1. The van der Waals surface area contributed by atoms with Crippen molar-refractivity contribution in [1.82, 2.24) is 5.32 Å². The number of carbonyl (C=O) groups excluding carboxylic acids is 2. The summed E-state index contributed by atoms with van der Waals surface area (Å²) in [5.74, 6) is 1.20. The van der Waals surface area contributed by atoms with Crippen molar-refractivity contribution in [3.63, 3.8) is 0 Å². The van der Waals surface area contributed by atoms with Gasteiger partial charge in [0.1, 0.15) is 23.9 Å². The molecule has 0 saturated carbocycles. The molecule has 0 radical (unpaired) electrons. The van der Waals surface area contributed by atoms with Crippen LogP contribution in [-0.2, 0) is 22.4 Å². The number of rotatable bonds is 11. The van der Waals surface area contributed by atoms with Crippen LogP contribution in [0.4, 0.5) is 0 Å². The molecule has 2 aromatic carbocycles. The molecule has 6 heteroatoms. The van der Waals surface area contributed by atoms with E-state index in [1.165, 1.54) is 0 Å². The molecule has 0 fully saturated rings. The number of aliphatic hydroxyl groups is 1. The second-order valence-electron chi connectivity index (χ2n) is 6.02. The van der Waals surface area contributed by atoms with Crippen molar-refractivity contribution >= 4 is 12.2 Å². The number of hydrogen-bond donors (Lipinski definition) is 2. The molecular weight excluding hydrogens is 346 g/mol. The van der Waals surface area contributed by atoms with Crippen LogP contribution in [0.25, 0.3) is 0 Å². The number of benzene rings is 2.